The lowest BCUT2D eigenvalue weighted by atomic mass is 9.98. The molecule has 2 saturated carbocycles. The molecule has 0 bridgehead atoms. The van der Waals surface area contributed by atoms with Crippen LogP contribution in [0.15, 0.2) is 47.7 Å². The van der Waals surface area contributed by atoms with E-state index in [1.807, 2.05) is 36.1 Å². The number of dihydropyridines is 1. The number of rotatable bonds is 8. The molecule has 1 N–H and O–H groups in total. The fourth-order valence-electron chi connectivity index (χ4n) is 5.59. The molecule has 2 atom stereocenters. The van der Waals surface area contributed by atoms with Gasteiger partial charge in [-0.05, 0) is 79.9 Å². The van der Waals surface area contributed by atoms with E-state index in [1.54, 1.807) is 10.5 Å². The maximum atomic E-state index is 13.2. The zero-order valence-electron chi connectivity index (χ0n) is 21.0. The van der Waals surface area contributed by atoms with Crippen LogP contribution in [0.25, 0.3) is 0 Å². The molecule has 2 amide bonds. The number of benzene rings is 1. The van der Waals surface area contributed by atoms with Gasteiger partial charge in [0.2, 0.25) is 0 Å². The lowest BCUT2D eigenvalue weighted by molar-refractivity contribution is 0.0574. The SMILES string of the molecule is CCOC[C@@H]1COC(=O)N1c1ccc(C(=O)N2CCN(C3NC=C(C4CC4)C=C3C3CC3)CC2)cc1. The van der Waals surface area contributed by atoms with Crippen LogP contribution in [0.4, 0.5) is 10.5 Å². The van der Waals surface area contributed by atoms with Crippen molar-refractivity contribution < 1.29 is 19.1 Å². The summed E-state index contributed by atoms with van der Waals surface area (Å²) in [4.78, 5) is 31.6. The van der Waals surface area contributed by atoms with Crippen molar-refractivity contribution in [3.05, 3.63) is 53.3 Å². The van der Waals surface area contributed by atoms with Crippen LogP contribution >= 0.6 is 0 Å². The average molecular weight is 493 g/mol. The van der Waals surface area contributed by atoms with Crippen LogP contribution in [-0.2, 0) is 9.47 Å². The fourth-order valence-corrected chi connectivity index (χ4v) is 5.59. The summed E-state index contributed by atoms with van der Waals surface area (Å²) in [5, 5.41) is 3.70. The van der Waals surface area contributed by atoms with Crippen LogP contribution in [-0.4, -0.2) is 80.0 Å². The van der Waals surface area contributed by atoms with Gasteiger partial charge in [-0.2, -0.15) is 0 Å². The molecule has 6 rings (SSSR count). The molecule has 0 spiro atoms. The quantitative estimate of drug-likeness (QED) is 0.600. The third-order valence-corrected chi connectivity index (χ3v) is 7.99. The third-order valence-electron chi connectivity index (χ3n) is 7.99. The van der Waals surface area contributed by atoms with E-state index in [0.717, 1.165) is 30.6 Å². The third kappa shape index (κ3) is 4.76. The Bertz CT molecular complexity index is 1050. The van der Waals surface area contributed by atoms with Gasteiger partial charge in [-0.1, -0.05) is 6.08 Å². The van der Waals surface area contributed by atoms with E-state index in [4.69, 9.17) is 9.47 Å². The zero-order valence-corrected chi connectivity index (χ0v) is 21.0. The van der Waals surface area contributed by atoms with E-state index >= 15 is 0 Å². The Hall–Kier alpha value is -2.84. The van der Waals surface area contributed by atoms with E-state index < -0.39 is 0 Å². The number of piperazine rings is 1. The van der Waals surface area contributed by atoms with Gasteiger partial charge in [0.1, 0.15) is 12.8 Å². The molecule has 0 aromatic heterocycles. The van der Waals surface area contributed by atoms with E-state index in [1.165, 1.54) is 31.3 Å². The minimum atomic E-state index is -0.370. The molecule has 36 heavy (non-hydrogen) atoms. The second-order valence-electron chi connectivity index (χ2n) is 10.5. The number of anilines is 1. The van der Waals surface area contributed by atoms with E-state index in [-0.39, 0.29) is 24.2 Å². The number of nitrogens with zero attached hydrogens (tertiary/aromatic N) is 3. The number of allylic oxidation sites excluding steroid dienone is 2. The van der Waals surface area contributed by atoms with Gasteiger partial charge in [0.25, 0.3) is 5.91 Å². The number of cyclic esters (lactones) is 1. The highest BCUT2D eigenvalue weighted by atomic mass is 16.6. The number of nitrogens with one attached hydrogen (secondary N) is 1. The van der Waals surface area contributed by atoms with Gasteiger partial charge in [0.15, 0.2) is 0 Å². The first kappa shape index (κ1) is 23.6. The predicted molar refractivity (Wildman–Crippen MR) is 137 cm³/mol. The Labute approximate surface area is 212 Å². The molecule has 0 radical (unpaired) electrons. The van der Waals surface area contributed by atoms with Crippen molar-refractivity contribution in [2.24, 2.45) is 11.8 Å². The van der Waals surface area contributed by atoms with Crippen LogP contribution in [0, 0.1) is 11.8 Å². The molecule has 2 saturated heterocycles. The number of carbonyl (C=O) groups is 2. The zero-order chi connectivity index (χ0) is 24.6. The Morgan fingerprint density at radius 3 is 2.44 bits per heavy atom. The summed E-state index contributed by atoms with van der Waals surface area (Å²) in [7, 11) is 0. The smallest absolute Gasteiger partial charge is 0.414 e. The topological polar surface area (TPSA) is 74.4 Å². The number of amides is 2. The lowest BCUT2D eigenvalue weighted by Gasteiger charge is -2.41. The molecular formula is C28H36N4O4. The molecule has 1 aromatic rings. The molecule has 1 unspecified atom stereocenters. The fraction of sp³-hybridized carbons (Fsp3) is 0.571. The molecule has 5 aliphatic rings. The Morgan fingerprint density at radius 2 is 1.78 bits per heavy atom. The maximum absolute atomic E-state index is 13.2. The summed E-state index contributed by atoms with van der Waals surface area (Å²) >= 11 is 0. The lowest BCUT2D eigenvalue weighted by Crippen LogP contribution is -2.56. The van der Waals surface area contributed by atoms with E-state index in [9.17, 15) is 9.59 Å². The summed E-state index contributed by atoms with van der Waals surface area (Å²) in [6, 6.07) is 7.14. The van der Waals surface area contributed by atoms with Crippen molar-refractivity contribution in [3.8, 4) is 0 Å². The monoisotopic (exact) mass is 492 g/mol. The van der Waals surface area contributed by atoms with E-state index in [0.29, 0.717) is 38.5 Å². The normalized spacial score (nSPS) is 26.9. The number of hydrogen-bond acceptors (Lipinski definition) is 6. The van der Waals surface area contributed by atoms with Crippen LogP contribution in [0.3, 0.4) is 0 Å². The molecule has 3 heterocycles. The largest absolute Gasteiger partial charge is 0.447 e. The molecule has 8 heteroatoms. The van der Waals surface area contributed by atoms with Gasteiger partial charge in [0.05, 0.1) is 12.6 Å². The van der Waals surface area contributed by atoms with Gasteiger partial charge in [-0.15, -0.1) is 0 Å². The first-order chi connectivity index (χ1) is 17.6. The van der Waals surface area contributed by atoms with Crippen LogP contribution < -0.4 is 10.2 Å². The molecule has 1 aromatic carbocycles. The first-order valence-corrected chi connectivity index (χ1v) is 13.5. The molecular weight excluding hydrogens is 456 g/mol. The maximum Gasteiger partial charge on any atom is 0.414 e. The molecule has 192 valence electrons. The summed E-state index contributed by atoms with van der Waals surface area (Å²) in [5.74, 6) is 1.53. The summed E-state index contributed by atoms with van der Waals surface area (Å²) in [6.07, 6.45) is 9.86. The van der Waals surface area contributed by atoms with Crippen LogP contribution in [0.1, 0.15) is 43.0 Å². The van der Waals surface area contributed by atoms with Gasteiger partial charge in [0, 0.05) is 50.2 Å². The molecule has 4 fully saturated rings. The number of ether oxygens (including phenoxy) is 2. The van der Waals surface area contributed by atoms with Crippen molar-refractivity contribution in [1.29, 1.82) is 0 Å². The summed E-state index contributed by atoms with van der Waals surface area (Å²) in [5.41, 5.74) is 4.41. The second kappa shape index (κ2) is 9.90. The minimum absolute atomic E-state index is 0.0431. The predicted octanol–water partition coefficient (Wildman–Crippen LogP) is 3.37. The summed E-state index contributed by atoms with van der Waals surface area (Å²) in [6.45, 7) is 6.40. The number of carbonyl (C=O) groups excluding carboxylic acids is 2. The van der Waals surface area contributed by atoms with Crippen molar-refractivity contribution in [2.45, 2.75) is 44.8 Å². The van der Waals surface area contributed by atoms with Gasteiger partial charge in [-0.3, -0.25) is 14.6 Å². The van der Waals surface area contributed by atoms with E-state index in [2.05, 4.69) is 22.5 Å². The minimum Gasteiger partial charge on any atom is -0.447 e. The highest BCUT2D eigenvalue weighted by Crippen LogP contribution is 2.44. The van der Waals surface area contributed by atoms with Gasteiger partial charge in [-0.25, -0.2) is 4.79 Å². The van der Waals surface area contributed by atoms with Crippen molar-refractivity contribution in [3.63, 3.8) is 0 Å². The molecule has 8 nitrogen and oxygen atoms in total. The average Bonchev–Trinajstić information content (AvgIpc) is 3.85. The molecule has 3 aliphatic heterocycles. The Morgan fingerprint density at radius 1 is 1.06 bits per heavy atom. The van der Waals surface area contributed by atoms with Crippen molar-refractivity contribution in [2.75, 3.05) is 50.9 Å². The van der Waals surface area contributed by atoms with Gasteiger partial charge < -0.3 is 19.7 Å². The first-order valence-electron chi connectivity index (χ1n) is 13.5. The van der Waals surface area contributed by atoms with Gasteiger partial charge >= 0.3 is 6.09 Å². The van der Waals surface area contributed by atoms with Crippen molar-refractivity contribution in [1.82, 2.24) is 15.1 Å². The standard InChI is InChI=1S/C28H36N4O4/c1-2-35-17-24-18-36-28(34)32(24)23-9-7-21(8-10-23)27(33)31-13-11-30(12-14-31)26-25(20-5-6-20)15-22(16-29-26)19-3-4-19/h7-10,15-16,19-20,24,26,29H,2-6,11-14,17-18H2,1H3/t24-,26?/m1/s1. The van der Waals surface area contributed by atoms with Crippen LogP contribution in [0.2, 0.25) is 0 Å². The Balaban J connectivity index is 1.06. The Kier molecular flexibility index (Phi) is 6.48. The second-order valence-corrected chi connectivity index (χ2v) is 10.5. The molecule has 2 aliphatic carbocycles. The highest BCUT2D eigenvalue weighted by Gasteiger charge is 2.39. The number of hydrogen-bond donors (Lipinski definition) is 1. The van der Waals surface area contributed by atoms with Crippen LogP contribution in [0.5, 0.6) is 0 Å². The van der Waals surface area contributed by atoms with Crippen molar-refractivity contribution >= 4 is 17.7 Å². The highest BCUT2D eigenvalue weighted by molar-refractivity contribution is 5.96. The summed E-state index contributed by atoms with van der Waals surface area (Å²) < 4.78 is 10.7.